The SMILES string of the molecule is COCC(CCl)NS(=O)(=O)c1ccccc1F. The van der Waals surface area contributed by atoms with Crippen LogP contribution in [0.2, 0.25) is 0 Å². The third-order valence-corrected chi connectivity index (χ3v) is 3.93. The minimum Gasteiger partial charge on any atom is -0.383 e. The third-order valence-electron chi connectivity index (χ3n) is 2.00. The Labute approximate surface area is 105 Å². The Bertz CT molecular complexity index is 466. The highest BCUT2D eigenvalue weighted by atomic mass is 35.5. The minimum atomic E-state index is -3.91. The van der Waals surface area contributed by atoms with Crippen molar-refractivity contribution >= 4 is 21.6 Å². The predicted octanol–water partition coefficient (Wildman–Crippen LogP) is 1.36. The van der Waals surface area contributed by atoms with Crippen LogP contribution in [0.4, 0.5) is 4.39 Å². The van der Waals surface area contributed by atoms with Gasteiger partial charge in [0, 0.05) is 13.0 Å². The van der Waals surface area contributed by atoms with Gasteiger partial charge in [-0.2, -0.15) is 0 Å². The zero-order chi connectivity index (χ0) is 12.9. The molecule has 1 atom stereocenters. The van der Waals surface area contributed by atoms with Crippen molar-refractivity contribution in [3.8, 4) is 0 Å². The van der Waals surface area contributed by atoms with Crippen molar-refractivity contribution in [2.45, 2.75) is 10.9 Å². The van der Waals surface area contributed by atoms with Crippen LogP contribution in [0, 0.1) is 5.82 Å². The van der Waals surface area contributed by atoms with Gasteiger partial charge in [-0.1, -0.05) is 12.1 Å². The highest BCUT2D eigenvalue weighted by Crippen LogP contribution is 2.13. The van der Waals surface area contributed by atoms with E-state index in [1.165, 1.54) is 25.3 Å². The molecule has 0 saturated heterocycles. The van der Waals surface area contributed by atoms with Crippen molar-refractivity contribution in [2.75, 3.05) is 19.6 Å². The molecule has 7 heteroatoms. The molecular formula is C10H13ClFNO3S. The van der Waals surface area contributed by atoms with Crippen LogP contribution in [-0.4, -0.2) is 34.1 Å². The second-order valence-corrected chi connectivity index (χ2v) is 5.35. The van der Waals surface area contributed by atoms with Crippen LogP contribution in [0.1, 0.15) is 0 Å². The molecule has 96 valence electrons. The molecular weight excluding hydrogens is 269 g/mol. The van der Waals surface area contributed by atoms with Crippen LogP contribution in [0.25, 0.3) is 0 Å². The van der Waals surface area contributed by atoms with Crippen molar-refractivity contribution in [1.29, 1.82) is 0 Å². The summed E-state index contributed by atoms with van der Waals surface area (Å²) in [6, 6.07) is 4.55. The first-order valence-corrected chi connectivity index (χ1v) is 6.84. The lowest BCUT2D eigenvalue weighted by atomic mass is 10.3. The average Bonchev–Trinajstić information content (AvgIpc) is 2.28. The van der Waals surface area contributed by atoms with Gasteiger partial charge in [-0.3, -0.25) is 0 Å². The molecule has 0 aliphatic rings. The number of benzene rings is 1. The molecule has 17 heavy (non-hydrogen) atoms. The molecule has 0 radical (unpaired) electrons. The van der Waals surface area contributed by atoms with Crippen molar-refractivity contribution in [3.05, 3.63) is 30.1 Å². The monoisotopic (exact) mass is 281 g/mol. The molecule has 4 nitrogen and oxygen atoms in total. The van der Waals surface area contributed by atoms with Gasteiger partial charge in [0.05, 0.1) is 12.6 Å². The molecule has 0 bridgehead atoms. The van der Waals surface area contributed by atoms with E-state index in [4.69, 9.17) is 16.3 Å². The summed E-state index contributed by atoms with van der Waals surface area (Å²) in [6.45, 7) is 0.122. The van der Waals surface area contributed by atoms with Crippen molar-refractivity contribution in [1.82, 2.24) is 4.72 Å². The van der Waals surface area contributed by atoms with Gasteiger partial charge in [0.25, 0.3) is 0 Å². The Morgan fingerprint density at radius 3 is 2.65 bits per heavy atom. The van der Waals surface area contributed by atoms with E-state index >= 15 is 0 Å². The summed E-state index contributed by atoms with van der Waals surface area (Å²) in [7, 11) is -2.49. The highest BCUT2D eigenvalue weighted by molar-refractivity contribution is 7.89. The Hall–Kier alpha value is -0.690. The number of ether oxygens (including phenoxy) is 1. The molecule has 1 rings (SSSR count). The van der Waals surface area contributed by atoms with Gasteiger partial charge in [0.2, 0.25) is 10.0 Å². The van der Waals surface area contributed by atoms with E-state index in [9.17, 15) is 12.8 Å². The standard InChI is InChI=1S/C10H13ClFNO3S/c1-16-7-8(6-11)13-17(14,15)10-5-3-2-4-9(10)12/h2-5,8,13H,6-7H2,1H3. The van der Waals surface area contributed by atoms with Gasteiger partial charge in [0.15, 0.2) is 0 Å². The predicted molar refractivity (Wildman–Crippen MR) is 63.1 cm³/mol. The van der Waals surface area contributed by atoms with E-state index in [2.05, 4.69) is 4.72 Å². The molecule has 1 aromatic rings. The van der Waals surface area contributed by atoms with Crippen molar-refractivity contribution in [3.63, 3.8) is 0 Å². The maximum atomic E-state index is 13.3. The van der Waals surface area contributed by atoms with Gasteiger partial charge in [-0.25, -0.2) is 17.5 Å². The lowest BCUT2D eigenvalue weighted by Gasteiger charge is -2.15. The van der Waals surface area contributed by atoms with Gasteiger partial charge in [-0.05, 0) is 12.1 Å². The summed E-state index contributed by atoms with van der Waals surface area (Å²) in [4.78, 5) is -0.397. The van der Waals surface area contributed by atoms with Crippen LogP contribution in [0.3, 0.4) is 0 Å². The van der Waals surface area contributed by atoms with Gasteiger partial charge in [-0.15, -0.1) is 11.6 Å². The van der Waals surface area contributed by atoms with Gasteiger partial charge < -0.3 is 4.74 Å². The third kappa shape index (κ3) is 3.92. The maximum Gasteiger partial charge on any atom is 0.243 e. The molecule has 0 saturated carbocycles. The fourth-order valence-corrected chi connectivity index (χ4v) is 2.81. The molecule has 0 aliphatic heterocycles. The lowest BCUT2D eigenvalue weighted by Crippen LogP contribution is -2.39. The van der Waals surface area contributed by atoms with Crippen LogP contribution in [0.15, 0.2) is 29.2 Å². The molecule has 0 amide bonds. The smallest absolute Gasteiger partial charge is 0.243 e. The van der Waals surface area contributed by atoms with Crippen LogP contribution in [0.5, 0.6) is 0 Å². The van der Waals surface area contributed by atoms with Crippen LogP contribution >= 0.6 is 11.6 Å². The Morgan fingerprint density at radius 2 is 2.12 bits per heavy atom. The number of hydrogen-bond donors (Lipinski definition) is 1. The number of halogens is 2. The largest absolute Gasteiger partial charge is 0.383 e. The number of sulfonamides is 1. The second-order valence-electron chi connectivity index (χ2n) is 3.36. The summed E-state index contributed by atoms with van der Waals surface area (Å²) in [5.41, 5.74) is 0. The Kier molecular flexibility index (Phi) is 5.32. The zero-order valence-corrected chi connectivity index (χ0v) is 10.8. The summed E-state index contributed by atoms with van der Waals surface area (Å²) in [5.74, 6) is -0.757. The first-order valence-electron chi connectivity index (χ1n) is 4.83. The van der Waals surface area contributed by atoms with E-state index < -0.39 is 26.8 Å². The summed E-state index contributed by atoms with van der Waals surface area (Å²) in [5, 5.41) is 0. The fourth-order valence-electron chi connectivity index (χ4n) is 1.26. The molecule has 1 N–H and O–H groups in total. The van der Waals surface area contributed by atoms with Crippen molar-refractivity contribution < 1.29 is 17.5 Å². The number of methoxy groups -OCH3 is 1. The summed E-state index contributed by atoms with van der Waals surface area (Å²) in [6.07, 6.45) is 0. The number of rotatable bonds is 6. The maximum absolute atomic E-state index is 13.3. The topological polar surface area (TPSA) is 55.4 Å². The normalized spacial score (nSPS) is 13.6. The molecule has 1 unspecified atom stereocenters. The number of alkyl halides is 1. The van der Waals surface area contributed by atoms with Gasteiger partial charge >= 0.3 is 0 Å². The van der Waals surface area contributed by atoms with Crippen molar-refractivity contribution in [2.24, 2.45) is 0 Å². The minimum absolute atomic E-state index is 0.0432. The molecule has 0 heterocycles. The molecule has 0 aromatic heterocycles. The molecule has 0 fully saturated rings. The summed E-state index contributed by atoms with van der Waals surface area (Å²) >= 11 is 5.58. The fraction of sp³-hybridized carbons (Fsp3) is 0.400. The number of hydrogen-bond acceptors (Lipinski definition) is 3. The van der Waals surface area contributed by atoms with E-state index in [-0.39, 0.29) is 12.5 Å². The van der Waals surface area contributed by atoms with E-state index in [1.807, 2.05) is 0 Å². The van der Waals surface area contributed by atoms with E-state index in [0.29, 0.717) is 0 Å². The Balaban J connectivity index is 2.92. The molecule has 0 aliphatic carbocycles. The first-order chi connectivity index (χ1) is 8.01. The highest BCUT2D eigenvalue weighted by Gasteiger charge is 2.22. The molecule has 0 spiro atoms. The average molecular weight is 282 g/mol. The first kappa shape index (κ1) is 14.4. The zero-order valence-electron chi connectivity index (χ0n) is 9.19. The summed E-state index contributed by atoms with van der Waals surface area (Å²) < 4.78 is 44.1. The number of nitrogens with one attached hydrogen (secondary N) is 1. The van der Waals surface area contributed by atoms with E-state index in [1.54, 1.807) is 0 Å². The second kappa shape index (κ2) is 6.30. The van der Waals surface area contributed by atoms with Crippen LogP contribution in [-0.2, 0) is 14.8 Å². The van der Waals surface area contributed by atoms with E-state index in [0.717, 1.165) is 6.07 Å². The van der Waals surface area contributed by atoms with Crippen LogP contribution < -0.4 is 4.72 Å². The molecule has 1 aromatic carbocycles. The Morgan fingerprint density at radius 1 is 1.47 bits per heavy atom. The van der Waals surface area contributed by atoms with Gasteiger partial charge in [0.1, 0.15) is 10.7 Å². The quantitative estimate of drug-likeness (QED) is 0.801. The lowest BCUT2D eigenvalue weighted by molar-refractivity contribution is 0.181.